The molecular formula is C24H23ClN4O2. The molecule has 0 atom stereocenters. The largest absolute Gasteiger partial charge is 0.497 e. The maximum absolute atomic E-state index is 13.5. The number of fused-ring (bicyclic) bond motifs is 1. The fraction of sp³-hybridized carbons (Fsp3) is 0.250. The molecule has 0 bridgehead atoms. The maximum atomic E-state index is 13.5. The van der Waals surface area contributed by atoms with Gasteiger partial charge in [0.15, 0.2) is 5.65 Å². The van der Waals surface area contributed by atoms with Crippen molar-refractivity contribution in [1.82, 2.24) is 14.6 Å². The molecule has 6 nitrogen and oxygen atoms in total. The van der Waals surface area contributed by atoms with Crippen LogP contribution in [0.15, 0.2) is 59.4 Å². The van der Waals surface area contributed by atoms with Crippen LogP contribution >= 0.6 is 11.6 Å². The summed E-state index contributed by atoms with van der Waals surface area (Å²) in [5.41, 5.74) is 4.24. The molecule has 0 spiro atoms. The third-order valence-corrected chi connectivity index (χ3v) is 6.10. The number of benzene rings is 2. The molecular weight excluding hydrogens is 412 g/mol. The van der Waals surface area contributed by atoms with E-state index in [-0.39, 0.29) is 10.7 Å². The maximum Gasteiger partial charge on any atom is 0.282 e. The van der Waals surface area contributed by atoms with Crippen LogP contribution in [0.4, 0.5) is 5.69 Å². The highest BCUT2D eigenvalue weighted by molar-refractivity contribution is 6.32. The molecule has 1 saturated heterocycles. The molecule has 5 rings (SSSR count). The van der Waals surface area contributed by atoms with E-state index < -0.39 is 0 Å². The van der Waals surface area contributed by atoms with Gasteiger partial charge in [-0.05, 0) is 37.0 Å². The van der Waals surface area contributed by atoms with Gasteiger partial charge in [0.1, 0.15) is 16.6 Å². The first-order valence-corrected chi connectivity index (χ1v) is 10.8. The third kappa shape index (κ3) is 3.47. The number of methoxy groups -OCH3 is 1. The Morgan fingerprint density at radius 2 is 1.68 bits per heavy atom. The van der Waals surface area contributed by atoms with Gasteiger partial charge in [-0.1, -0.05) is 54.1 Å². The summed E-state index contributed by atoms with van der Waals surface area (Å²) in [6.07, 6.45) is 3.45. The predicted molar refractivity (Wildman–Crippen MR) is 124 cm³/mol. The second-order valence-corrected chi connectivity index (χ2v) is 8.08. The van der Waals surface area contributed by atoms with E-state index in [4.69, 9.17) is 21.3 Å². The standard InChI is InChI=1S/C24H23ClN4O2/c1-31-18-12-10-16(11-13-18)19-22(25)26-23-21(28-14-6-3-7-15-28)20(27-29(23)24(19)30)17-8-4-2-5-9-17/h2,4-5,8-13,27H,3,6-7,14-15H2,1H3. The van der Waals surface area contributed by atoms with Crippen molar-refractivity contribution in [1.29, 1.82) is 0 Å². The molecule has 4 aromatic rings. The zero-order chi connectivity index (χ0) is 21.4. The lowest BCUT2D eigenvalue weighted by molar-refractivity contribution is 0.415. The molecule has 0 amide bonds. The van der Waals surface area contributed by atoms with Crippen LogP contribution in [0.1, 0.15) is 19.3 Å². The first-order valence-electron chi connectivity index (χ1n) is 10.5. The molecule has 2 aromatic carbocycles. The summed E-state index contributed by atoms with van der Waals surface area (Å²) >= 11 is 6.59. The SMILES string of the molecule is COc1ccc(-c2c(Cl)nc3c(N4CCCCC4)c(-c4ccccc4)[nH]n3c2=O)cc1. The van der Waals surface area contributed by atoms with Crippen LogP contribution in [0.2, 0.25) is 5.15 Å². The summed E-state index contributed by atoms with van der Waals surface area (Å²) in [6, 6.07) is 17.3. The first kappa shape index (κ1) is 19.7. The summed E-state index contributed by atoms with van der Waals surface area (Å²) in [6.45, 7) is 1.86. The molecule has 158 valence electrons. The minimum Gasteiger partial charge on any atom is -0.497 e. The Bertz CT molecular complexity index is 1270. The summed E-state index contributed by atoms with van der Waals surface area (Å²) in [4.78, 5) is 20.6. The minimum atomic E-state index is -0.222. The van der Waals surface area contributed by atoms with Gasteiger partial charge in [0.25, 0.3) is 5.56 Å². The van der Waals surface area contributed by atoms with Crippen LogP contribution in [0.3, 0.4) is 0 Å². The number of rotatable bonds is 4. The number of anilines is 1. The molecule has 31 heavy (non-hydrogen) atoms. The van der Waals surface area contributed by atoms with Gasteiger partial charge >= 0.3 is 0 Å². The molecule has 1 aliphatic heterocycles. The fourth-order valence-corrected chi connectivity index (χ4v) is 4.53. The number of halogens is 1. The van der Waals surface area contributed by atoms with Crippen LogP contribution in [0, 0.1) is 0 Å². The smallest absolute Gasteiger partial charge is 0.282 e. The second-order valence-electron chi connectivity index (χ2n) is 7.72. The van der Waals surface area contributed by atoms with Gasteiger partial charge in [-0.2, -0.15) is 4.52 Å². The number of nitrogens with one attached hydrogen (secondary N) is 1. The lowest BCUT2D eigenvalue weighted by Crippen LogP contribution is -2.30. The van der Waals surface area contributed by atoms with Crippen molar-refractivity contribution in [2.75, 3.05) is 25.1 Å². The van der Waals surface area contributed by atoms with E-state index in [1.165, 1.54) is 10.9 Å². The highest BCUT2D eigenvalue weighted by atomic mass is 35.5. The van der Waals surface area contributed by atoms with Crippen molar-refractivity contribution in [3.63, 3.8) is 0 Å². The van der Waals surface area contributed by atoms with Crippen LogP contribution in [0.5, 0.6) is 5.75 Å². The zero-order valence-electron chi connectivity index (χ0n) is 17.3. The number of hydrogen-bond donors (Lipinski definition) is 1. The average Bonchev–Trinajstić information content (AvgIpc) is 3.20. The third-order valence-electron chi connectivity index (χ3n) is 5.82. The van der Waals surface area contributed by atoms with E-state index in [2.05, 4.69) is 10.00 Å². The van der Waals surface area contributed by atoms with E-state index in [0.717, 1.165) is 42.9 Å². The number of aromatic amines is 1. The number of hydrogen-bond acceptors (Lipinski definition) is 4. The van der Waals surface area contributed by atoms with E-state index in [9.17, 15) is 4.79 Å². The van der Waals surface area contributed by atoms with Crippen LogP contribution < -0.4 is 15.2 Å². The van der Waals surface area contributed by atoms with Crippen molar-refractivity contribution >= 4 is 22.9 Å². The number of ether oxygens (including phenoxy) is 1. The Balaban J connectivity index is 1.75. The van der Waals surface area contributed by atoms with Gasteiger partial charge in [-0.15, -0.1) is 0 Å². The second kappa shape index (κ2) is 8.12. The summed E-state index contributed by atoms with van der Waals surface area (Å²) in [5.74, 6) is 0.715. The van der Waals surface area contributed by atoms with Gasteiger partial charge in [0, 0.05) is 18.7 Å². The lowest BCUT2D eigenvalue weighted by atomic mass is 10.1. The van der Waals surface area contributed by atoms with Gasteiger partial charge < -0.3 is 9.64 Å². The minimum absolute atomic E-state index is 0.201. The molecule has 0 radical (unpaired) electrons. The van der Waals surface area contributed by atoms with Gasteiger partial charge in [-0.3, -0.25) is 9.89 Å². The van der Waals surface area contributed by atoms with Crippen molar-refractivity contribution in [2.45, 2.75) is 19.3 Å². The van der Waals surface area contributed by atoms with Crippen molar-refractivity contribution in [3.05, 3.63) is 70.1 Å². The van der Waals surface area contributed by atoms with Gasteiger partial charge in [0.2, 0.25) is 0 Å². The lowest BCUT2D eigenvalue weighted by Gasteiger charge is -2.28. The van der Waals surface area contributed by atoms with Crippen LogP contribution in [-0.2, 0) is 0 Å². The summed E-state index contributed by atoms with van der Waals surface area (Å²) in [5, 5.41) is 3.52. The summed E-state index contributed by atoms with van der Waals surface area (Å²) in [7, 11) is 1.61. The molecule has 7 heteroatoms. The number of H-pyrrole nitrogens is 1. The molecule has 1 fully saturated rings. The van der Waals surface area contributed by atoms with E-state index >= 15 is 0 Å². The molecule has 0 unspecified atom stereocenters. The van der Waals surface area contributed by atoms with E-state index in [1.54, 1.807) is 7.11 Å². The number of aromatic nitrogens is 3. The molecule has 2 aromatic heterocycles. The monoisotopic (exact) mass is 434 g/mol. The predicted octanol–water partition coefficient (Wildman–Crippen LogP) is 5.01. The zero-order valence-corrected chi connectivity index (χ0v) is 18.0. The molecule has 1 aliphatic rings. The topological polar surface area (TPSA) is 62.6 Å². The Morgan fingerprint density at radius 1 is 0.968 bits per heavy atom. The van der Waals surface area contributed by atoms with Crippen LogP contribution in [-0.4, -0.2) is 34.8 Å². The molecule has 1 N–H and O–H groups in total. The van der Waals surface area contributed by atoms with E-state index in [1.807, 2.05) is 54.6 Å². The molecule has 3 heterocycles. The molecule has 0 aliphatic carbocycles. The highest BCUT2D eigenvalue weighted by Crippen LogP contribution is 2.36. The highest BCUT2D eigenvalue weighted by Gasteiger charge is 2.25. The van der Waals surface area contributed by atoms with Crippen LogP contribution in [0.25, 0.3) is 28.0 Å². The first-order chi connectivity index (χ1) is 15.2. The Labute approximate surface area is 185 Å². The van der Waals surface area contributed by atoms with Crippen molar-refractivity contribution < 1.29 is 4.74 Å². The van der Waals surface area contributed by atoms with Gasteiger partial charge in [-0.25, -0.2) is 4.98 Å². The Morgan fingerprint density at radius 3 is 2.35 bits per heavy atom. The van der Waals surface area contributed by atoms with E-state index in [0.29, 0.717) is 22.5 Å². The molecule has 0 saturated carbocycles. The van der Waals surface area contributed by atoms with Crippen molar-refractivity contribution in [2.24, 2.45) is 0 Å². The Hall–Kier alpha value is -3.25. The normalized spacial score (nSPS) is 14.2. The number of piperidine rings is 1. The quantitative estimate of drug-likeness (QED) is 0.458. The van der Waals surface area contributed by atoms with Crippen molar-refractivity contribution in [3.8, 4) is 28.1 Å². The Kier molecular flexibility index (Phi) is 5.16. The average molecular weight is 435 g/mol. The summed E-state index contributed by atoms with van der Waals surface area (Å²) < 4.78 is 6.75. The number of nitrogens with zero attached hydrogens (tertiary/aromatic N) is 3. The fourth-order valence-electron chi connectivity index (χ4n) is 4.26. The van der Waals surface area contributed by atoms with Gasteiger partial charge in [0.05, 0.1) is 18.4 Å².